The van der Waals surface area contributed by atoms with E-state index >= 15 is 0 Å². The molecule has 0 spiro atoms. The normalized spacial score (nSPS) is 11.4. The molecule has 1 aromatic rings. The molecule has 0 saturated carbocycles. The second-order valence-electron chi connectivity index (χ2n) is 3.97. The topological polar surface area (TPSA) is 9.23 Å². The van der Waals surface area contributed by atoms with Crippen molar-refractivity contribution in [2.24, 2.45) is 0 Å². The molecular weight excluding hydrogens is 160 g/mol. The van der Waals surface area contributed by atoms with Gasteiger partial charge in [0.05, 0.1) is 7.11 Å². The molecule has 0 N–H and O–H groups in total. The Hall–Kier alpha value is -0.980. The highest BCUT2D eigenvalue weighted by Gasteiger charge is 2.17. The predicted octanol–water partition coefficient (Wildman–Crippen LogP) is 3.38. The first-order valence-electron chi connectivity index (χ1n) is 4.74. The van der Waals surface area contributed by atoms with Crippen LogP contribution in [0.4, 0.5) is 0 Å². The van der Waals surface area contributed by atoms with Crippen molar-refractivity contribution in [3.05, 3.63) is 29.8 Å². The largest absolute Gasteiger partial charge is 0.497 e. The van der Waals surface area contributed by atoms with Gasteiger partial charge in [0.25, 0.3) is 0 Å². The van der Waals surface area contributed by atoms with Gasteiger partial charge < -0.3 is 4.74 Å². The Morgan fingerprint density at radius 2 is 2.00 bits per heavy atom. The summed E-state index contributed by atoms with van der Waals surface area (Å²) in [4.78, 5) is 0. The molecule has 0 heterocycles. The number of hydrogen-bond acceptors (Lipinski definition) is 1. The van der Waals surface area contributed by atoms with Crippen molar-refractivity contribution < 1.29 is 4.74 Å². The molecule has 0 aliphatic heterocycles. The first kappa shape index (κ1) is 10.1. The zero-order valence-electron chi connectivity index (χ0n) is 8.92. The Kier molecular flexibility index (Phi) is 2.97. The maximum Gasteiger partial charge on any atom is 0.119 e. The van der Waals surface area contributed by atoms with Gasteiger partial charge in [0.15, 0.2) is 0 Å². The van der Waals surface area contributed by atoms with Crippen LogP contribution in [0.3, 0.4) is 0 Å². The van der Waals surface area contributed by atoms with Crippen molar-refractivity contribution in [2.45, 2.75) is 32.6 Å². The number of methoxy groups -OCH3 is 1. The molecule has 0 aromatic heterocycles. The lowest BCUT2D eigenvalue weighted by atomic mass is 9.82. The number of rotatable bonds is 3. The third-order valence-electron chi connectivity index (χ3n) is 2.74. The van der Waals surface area contributed by atoms with Gasteiger partial charge in [0, 0.05) is 0 Å². The molecule has 0 aliphatic carbocycles. The molecule has 0 fully saturated rings. The molecule has 1 rings (SSSR count). The molecule has 0 amide bonds. The summed E-state index contributed by atoms with van der Waals surface area (Å²) in [6, 6.07) is 8.30. The highest BCUT2D eigenvalue weighted by atomic mass is 16.5. The molecule has 1 aromatic carbocycles. The Morgan fingerprint density at radius 1 is 1.31 bits per heavy atom. The van der Waals surface area contributed by atoms with Crippen LogP contribution in [0.2, 0.25) is 0 Å². The van der Waals surface area contributed by atoms with Crippen molar-refractivity contribution in [3.63, 3.8) is 0 Å². The van der Waals surface area contributed by atoms with E-state index in [0.29, 0.717) is 0 Å². The Labute approximate surface area is 80.7 Å². The van der Waals surface area contributed by atoms with Crippen LogP contribution < -0.4 is 4.74 Å². The van der Waals surface area contributed by atoms with Gasteiger partial charge in [-0.2, -0.15) is 0 Å². The second kappa shape index (κ2) is 3.82. The second-order valence-corrected chi connectivity index (χ2v) is 3.97. The minimum atomic E-state index is 0.245. The van der Waals surface area contributed by atoms with Crippen molar-refractivity contribution >= 4 is 0 Å². The van der Waals surface area contributed by atoms with Crippen LogP contribution in [0.15, 0.2) is 24.3 Å². The summed E-state index contributed by atoms with van der Waals surface area (Å²) in [6.45, 7) is 6.71. The van der Waals surface area contributed by atoms with Crippen LogP contribution in [0.1, 0.15) is 32.8 Å². The summed E-state index contributed by atoms with van der Waals surface area (Å²) in [5, 5.41) is 0. The van der Waals surface area contributed by atoms with Gasteiger partial charge in [-0.05, 0) is 29.5 Å². The number of ether oxygens (including phenoxy) is 1. The summed E-state index contributed by atoms with van der Waals surface area (Å²) >= 11 is 0. The fourth-order valence-corrected chi connectivity index (χ4v) is 1.25. The monoisotopic (exact) mass is 178 g/mol. The Bertz CT molecular complexity index is 276. The molecule has 13 heavy (non-hydrogen) atoms. The van der Waals surface area contributed by atoms with Crippen molar-refractivity contribution in [3.8, 4) is 5.75 Å². The van der Waals surface area contributed by atoms with Gasteiger partial charge in [-0.15, -0.1) is 0 Å². The standard InChI is InChI=1S/C12H18O/c1-5-12(2,3)10-7-6-8-11(9-10)13-4/h6-9H,5H2,1-4H3. The van der Waals surface area contributed by atoms with Crippen LogP contribution in [0, 0.1) is 0 Å². The van der Waals surface area contributed by atoms with E-state index < -0.39 is 0 Å². The average molecular weight is 178 g/mol. The van der Waals surface area contributed by atoms with Gasteiger partial charge in [-0.25, -0.2) is 0 Å². The van der Waals surface area contributed by atoms with Crippen LogP contribution in [-0.2, 0) is 5.41 Å². The summed E-state index contributed by atoms with van der Waals surface area (Å²) in [5.41, 5.74) is 1.59. The van der Waals surface area contributed by atoms with Crippen LogP contribution in [0.5, 0.6) is 5.75 Å². The minimum absolute atomic E-state index is 0.245. The number of benzene rings is 1. The average Bonchev–Trinajstić information content (AvgIpc) is 2.18. The fraction of sp³-hybridized carbons (Fsp3) is 0.500. The molecule has 72 valence electrons. The summed E-state index contributed by atoms with van der Waals surface area (Å²) in [5.74, 6) is 0.944. The third-order valence-corrected chi connectivity index (χ3v) is 2.74. The van der Waals surface area contributed by atoms with E-state index in [1.165, 1.54) is 5.56 Å². The zero-order valence-corrected chi connectivity index (χ0v) is 8.92. The van der Waals surface area contributed by atoms with Gasteiger partial charge in [-0.3, -0.25) is 0 Å². The quantitative estimate of drug-likeness (QED) is 0.689. The molecule has 1 nitrogen and oxygen atoms in total. The minimum Gasteiger partial charge on any atom is -0.497 e. The van der Waals surface area contributed by atoms with Crippen molar-refractivity contribution in [1.29, 1.82) is 0 Å². The Balaban J connectivity index is 3.01. The van der Waals surface area contributed by atoms with E-state index in [1.807, 2.05) is 12.1 Å². The van der Waals surface area contributed by atoms with E-state index in [1.54, 1.807) is 7.11 Å². The smallest absolute Gasteiger partial charge is 0.119 e. The number of hydrogen-bond donors (Lipinski definition) is 0. The lowest BCUT2D eigenvalue weighted by Crippen LogP contribution is -2.15. The highest BCUT2D eigenvalue weighted by molar-refractivity contribution is 5.32. The summed E-state index contributed by atoms with van der Waals surface area (Å²) in [7, 11) is 1.71. The van der Waals surface area contributed by atoms with Gasteiger partial charge in [-0.1, -0.05) is 32.9 Å². The fourth-order valence-electron chi connectivity index (χ4n) is 1.25. The lowest BCUT2D eigenvalue weighted by Gasteiger charge is -2.23. The lowest BCUT2D eigenvalue weighted by molar-refractivity contribution is 0.411. The molecule has 0 atom stereocenters. The van der Waals surface area contributed by atoms with Gasteiger partial charge in [0.1, 0.15) is 5.75 Å². The van der Waals surface area contributed by atoms with E-state index in [-0.39, 0.29) is 5.41 Å². The molecule has 0 radical (unpaired) electrons. The first-order valence-corrected chi connectivity index (χ1v) is 4.74. The SMILES string of the molecule is CCC(C)(C)c1cccc(OC)c1. The van der Waals surface area contributed by atoms with Crippen molar-refractivity contribution in [1.82, 2.24) is 0 Å². The molecule has 0 saturated heterocycles. The highest BCUT2D eigenvalue weighted by Crippen LogP contribution is 2.28. The van der Waals surface area contributed by atoms with Gasteiger partial charge in [0.2, 0.25) is 0 Å². The zero-order chi connectivity index (χ0) is 9.90. The van der Waals surface area contributed by atoms with E-state index in [4.69, 9.17) is 4.74 Å². The van der Waals surface area contributed by atoms with E-state index in [0.717, 1.165) is 12.2 Å². The van der Waals surface area contributed by atoms with Crippen LogP contribution in [-0.4, -0.2) is 7.11 Å². The maximum atomic E-state index is 5.19. The predicted molar refractivity (Wildman–Crippen MR) is 56.3 cm³/mol. The summed E-state index contributed by atoms with van der Waals surface area (Å²) < 4.78 is 5.19. The molecular formula is C12H18O. The van der Waals surface area contributed by atoms with E-state index in [2.05, 4.69) is 32.9 Å². The van der Waals surface area contributed by atoms with Crippen molar-refractivity contribution in [2.75, 3.05) is 7.11 Å². The van der Waals surface area contributed by atoms with Crippen LogP contribution >= 0.6 is 0 Å². The van der Waals surface area contributed by atoms with Crippen LogP contribution in [0.25, 0.3) is 0 Å². The third kappa shape index (κ3) is 2.24. The van der Waals surface area contributed by atoms with E-state index in [9.17, 15) is 0 Å². The Morgan fingerprint density at radius 3 is 2.54 bits per heavy atom. The maximum absolute atomic E-state index is 5.19. The summed E-state index contributed by atoms with van der Waals surface area (Å²) in [6.07, 6.45) is 1.14. The molecule has 0 aliphatic rings. The molecule has 0 bridgehead atoms. The molecule has 1 heteroatoms. The molecule has 0 unspecified atom stereocenters. The first-order chi connectivity index (χ1) is 6.10. The van der Waals surface area contributed by atoms with Gasteiger partial charge >= 0.3 is 0 Å².